The molecule has 1 rings (SSSR count). The summed E-state index contributed by atoms with van der Waals surface area (Å²) >= 11 is 0. The minimum absolute atomic E-state index is 0.364. The Morgan fingerprint density at radius 2 is 1.75 bits per heavy atom. The van der Waals surface area contributed by atoms with Crippen molar-refractivity contribution in [3.8, 4) is 0 Å². The van der Waals surface area contributed by atoms with E-state index in [-0.39, 0.29) is 6.42 Å². The average molecular weight is 308 g/mol. The van der Waals surface area contributed by atoms with Gasteiger partial charge in [0.25, 0.3) is 0 Å². The maximum atomic E-state index is 12.8. The molecule has 110 valence electrons. The highest BCUT2D eigenvalue weighted by atomic mass is 32.2. The number of ether oxygens (including phenoxy) is 1. The molecule has 0 amide bonds. The van der Waals surface area contributed by atoms with Crippen molar-refractivity contribution in [1.82, 2.24) is 0 Å². The van der Waals surface area contributed by atoms with Crippen LogP contribution in [0.25, 0.3) is 0 Å². The number of rotatable bonds is 6. The average Bonchev–Trinajstić information content (AvgIpc) is 2.35. The van der Waals surface area contributed by atoms with Gasteiger partial charge in [-0.1, -0.05) is 30.3 Å². The molecule has 0 aliphatic carbocycles. The van der Waals surface area contributed by atoms with Crippen molar-refractivity contribution in [2.75, 3.05) is 6.61 Å². The molecule has 0 aliphatic rings. The third-order valence-corrected chi connectivity index (χ3v) is 3.06. The van der Waals surface area contributed by atoms with Crippen molar-refractivity contribution in [2.45, 2.75) is 11.7 Å². The highest BCUT2D eigenvalue weighted by Gasteiger charge is 2.45. The maximum absolute atomic E-state index is 12.8. The highest BCUT2D eigenvalue weighted by Crippen LogP contribution is 2.20. The van der Waals surface area contributed by atoms with Gasteiger partial charge in [-0.3, -0.25) is 9.35 Å². The zero-order valence-corrected chi connectivity index (χ0v) is 10.8. The van der Waals surface area contributed by atoms with E-state index < -0.39 is 33.7 Å². The van der Waals surface area contributed by atoms with E-state index in [2.05, 4.69) is 4.74 Å². The molecule has 6 nitrogen and oxygen atoms in total. The maximum Gasteiger partial charge on any atom is 0.402 e. The Morgan fingerprint density at radius 1 is 1.20 bits per heavy atom. The first kappa shape index (κ1) is 16.2. The van der Waals surface area contributed by atoms with Crippen LogP contribution in [-0.4, -0.2) is 36.6 Å². The first-order valence-corrected chi connectivity index (χ1v) is 6.66. The van der Waals surface area contributed by atoms with Crippen LogP contribution >= 0.6 is 0 Å². The van der Waals surface area contributed by atoms with Crippen LogP contribution in [0.5, 0.6) is 0 Å². The summed E-state index contributed by atoms with van der Waals surface area (Å²) in [6.45, 7) is -1.93. The molecule has 20 heavy (non-hydrogen) atoms. The second-order valence-electron chi connectivity index (χ2n) is 3.77. The molecule has 0 fully saturated rings. The second-order valence-corrected chi connectivity index (χ2v) is 5.32. The van der Waals surface area contributed by atoms with E-state index in [1.54, 1.807) is 18.2 Å². The van der Waals surface area contributed by atoms with Crippen molar-refractivity contribution in [3.05, 3.63) is 35.9 Å². The number of halogens is 2. The molecule has 9 heteroatoms. The van der Waals surface area contributed by atoms with Crippen LogP contribution in [0.4, 0.5) is 8.78 Å². The summed E-state index contributed by atoms with van der Waals surface area (Å²) in [7, 11) is -5.70. The number of esters is 1. The Morgan fingerprint density at radius 3 is 2.25 bits per heavy atom. The first-order chi connectivity index (χ1) is 9.13. The molecule has 0 heterocycles. The lowest BCUT2D eigenvalue weighted by molar-refractivity contribution is -0.157. The van der Waals surface area contributed by atoms with Crippen LogP contribution in [0.15, 0.2) is 30.3 Å². The smallest absolute Gasteiger partial charge is 0.402 e. The lowest BCUT2D eigenvalue weighted by atomic mass is 10.1. The monoisotopic (exact) mass is 308 g/mol. The molecular weight excluding hydrogens is 298 g/mol. The summed E-state index contributed by atoms with van der Waals surface area (Å²) in [6.07, 6.45) is -0.364. The highest BCUT2D eigenvalue weighted by molar-refractivity contribution is 7.86. The van der Waals surface area contributed by atoms with Gasteiger partial charge in [-0.15, -0.1) is 0 Å². The lowest BCUT2D eigenvalue weighted by Crippen LogP contribution is -2.36. The van der Waals surface area contributed by atoms with E-state index >= 15 is 0 Å². The van der Waals surface area contributed by atoms with Crippen molar-refractivity contribution >= 4 is 21.9 Å². The van der Waals surface area contributed by atoms with Gasteiger partial charge in [0.05, 0.1) is 0 Å². The zero-order valence-electron chi connectivity index (χ0n) is 9.95. The largest absolute Gasteiger partial charge is 0.452 e. The fourth-order valence-electron chi connectivity index (χ4n) is 1.16. The third-order valence-electron chi connectivity index (χ3n) is 2.18. The number of benzene rings is 1. The summed E-state index contributed by atoms with van der Waals surface area (Å²) < 4.78 is 58.1. The summed E-state index contributed by atoms with van der Waals surface area (Å²) in [5.74, 6) is -2.71. The van der Waals surface area contributed by atoms with E-state index in [9.17, 15) is 26.8 Å². The Bertz CT molecular complexity index is 597. The number of hydrogen-bond donors (Lipinski definition) is 1. The summed E-state index contributed by atoms with van der Waals surface area (Å²) in [6, 6.07) is 7.98. The Kier molecular flexibility index (Phi) is 4.90. The third kappa shape index (κ3) is 4.35. The molecule has 0 radical (unpaired) electrons. The SMILES string of the molecule is O=C(Cc1ccccc1)C(=O)OCC(F)(F)S(=O)(=O)O. The Hall–Kier alpha value is -1.87. The summed E-state index contributed by atoms with van der Waals surface area (Å²) in [5, 5.41) is -4.66. The fourth-order valence-corrected chi connectivity index (χ4v) is 1.37. The summed E-state index contributed by atoms with van der Waals surface area (Å²) in [5.41, 5.74) is 0.469. The molecule has 0 aromatic heterocycles. The van der Waals surface area contributed by atoms with E-state index in [1.807, 2.05) is 0 Å². The fraction of sp³-hybridized carbons (Fsp3) is 0.273. The first-order valence-electron chi connectivity index (χ1n) is 5.22. The van der Waals surface area contributed by atoms with Crippen molar-refractivity contribution in [3.63, 3.8) is 0 Å². The van der Waals surface area contributed by atoms with Crippen molar-refractivity contribution in [1.29, 1.82) is 0 Å². The van der Waals surface area contributed by atoms with Crippen LogP contribution in [0, 0.1) is 0 Å². The topological polar surface area (TPSA) is 97.7 Å². The van der Waals surface area contributed by atoms with Gasteiger partial charge in [0.2, 0.25) is 5.78 Å². The van der Waals surface area contributed by atoms with Crippen LogP contribution < -0.4 is 0 Å². The molecular formula is C11H10F2O6S. The van der Waals surface area contributed by atoms with E-state index in [4.69, 9.17) is 4.55 Å². The van der Waals surface area contributed by atoms with Gasteiger partial charge >= 0.3 is 21.3 Å². The molecule has 1 aromatic carbocycles. The van der Waals surface area contributed by atoms with Crippen molar-refractivity contribution < 1.29 is 36.1 Å². The number of alkyl halides is 2. The molecule has 0 saturated heterocycles. The van der Waals surface area contributed by atoms with Crippen LogP contribution in [0.1, 0.15) is 5.56 Å². The van der Waals surface area contributed by atoms with Gasteiger partial charge in [-0.25, -0.2) is 4.79 Å². The van der Waals surface area contributed by atoms with Gasteiger partial charge in [-0.2, -0.15) is 17.2 Å². The van der Waals surface area contributed by atoms with E-state index in [1.165, 1.54) is 12.1 Å². The second kappa shape index (κ2) is 6.06. The van der Waals surface area contributed by atoms with Crippen LogP contribution in [-0.2, 0) is 30.9 Å². The Balaban J connectivity index is 2.58. The van der Waals surface area contributed by atoms with Crippen LogP contribution in [0.3, 0.4) is 0 Å². The predicted octanol–water partition coefficient (Wildman–Crippen LogP) is 0.822. The normalized spacial score (nSPS) is 11.9. The van der Waals surface area contributed by atoms with Gasteiger partial charge in [0.1, 0.15) is 0 Å². The molecule has 1 N–H and O–H groups in total. The molecule has 0 spiro atoms. The lowest BCUT2D eigenvalue weighted by Gasteiger charge is -2.12. The number of Topliss-reactive ketones (excluding diaryl/α,β-unsaturated/α-hetero) is 1. The number of carbonyl (C=O) groups is 2. The van der Waals surface area contributed by atoms with Gasteiger partial charge in [-0.05, 0) is 5.56 Å². The minimum atomic E-state index is -5.70. The molecule has 0 unspecified atom stereocenters. The molecule has 0 saturated carbocycles. The van der Waals surface area contributed by atoms with E-state index in [0.717, 1.165) is 0 Å². The predicted molar refractivity (Wildman–Crippen MR) is 62.6 cm³/mol. The zero-order chi connectivity index (χ0) is 15.4. The van der Waals surface area contributed by atoms with Gasteiger partial charge in [0.15, 0.2) is 6.61 Å². The minimum Gasteiger partial charge on any atom is -0.452 e. The quantitative estimate of drug-likeness (QED) is 0.475. The van der Waals surface area contributed by atoms with Gasteiger partial charge in [0, 0.05) is 6.42 Å². The number of ketones is 1. The molecule has 1 aromatic rings. The standard InChI is InChI=1S/C11H10F2O6S/c12-11(13,20(16,17)18)7-19-10(15)9(14)6-8-4-2-1-3-5-8/h1-5H,6-7H2,(H,16,17,18). The van der Waals surface area contributed by atoms with Gasteiger partial charge < -0.3 is 4.74 Å². The summed E-state index contributed by atoms with van der Waals surface area (Å²) in [4.78, 5) is 22.5. The van der Waals surface area contributed by atoms with Crippen LogP contribution in [0.2, 0.25) is 0 Å². The number of hydrogen-bond acceptors (Lipinski definition) is 5. The molecule has 0 atom stereocenters. The number of carbonyl (C=O) groups excluding carboxylic acids is 2. The van der Waals surface area contributed by atoms with Crippen molar-refractivity contribution in [2.24, 2.45) is 0 Å². The van der Waals surface area contributed by atoms with E-state index in [0.29, 0.717) is 5.56 Å². The Labute approximate surface area is 113 Å². The molecule has 0 aliphatic heterocycles. The molecule has 0 bridgehead atoms.